The van der Waals surface area contributed by atoms with Crippen LogP contribution in [-0.4, -0.2) is 31.5 Å². The number of rotatable bonds is 4. The van der Waals surface area contributed by atoms with E-state index in [0.29, 0.717) is 15.8 Å². The summed E-state index contributed by atoms with van der Waals surface area (Å²) < 4.78 is 18.5. The molecule has 6 nitrogen and oxygen atoms in total. The topological polar surface area (TPSA) is 89.4 Å². The van der Waals surface area contributed by atoms with Crippen molar-refractivity contribution in [2.75, 3.05) is 6.26 Å². The van der Waals surface area contributed by atoms with Crippen molar-refractivity contribution in [3.05, 3.63) is 42.2 Å². The molecule has 0 fully saturated rings. The van der Waals surface area contributed by atoms with Crippen molar-refractivity contribution in [2.45, 2.75) is 4.34 Å². The molecule has 0 spiro atoms. The highest BCUT2D eigenvalue weighted by atomic mass is 32.2. The van der Waals surface area contributed by atoms with Gasteiger partial charge in [0.2, 0.25) is 0 Å². The number of carboxylic acids is 1. The number of hydrogen-bond donors (Lipinski definition) is 1. The first-order valence-electron chi connectivity index (χ1n) is 6.14. The van der Waals surface area contributed by atoms with E-state index in [0.717, 1.165) is 10.2 Å². The molecule has 0 saturated heterocycles. The lowest BCUT2D eigenvalue weighted by atomic mass is 10.3. The van der Waals surface area contributed by atoms with E-state index in [1.807, 2.05) is 0 Å². The van der Waals surface area contributed by atoms with Crippen LogP contribution >= 0.6 is 11.3 Å². The Bertz CT molecular complexity index is 891. The molecule has 0 aliphatic heterocycles. The molecule has 0 radical (unpaired) electrons. The second kappa shape index (κ2) is 5.82. The minimum absolute atomic E-state index is 0.0833. The van der Waals surface area contributed by atoms with Crippen LogP contribution in [0.15, 0.2) is 40.9 Å². The van der Waals surface area contributed by atoms with Gasteiger partial charge in [-0.05, 0) is 18.2 Å². The molecule has 112 valence electrons. The number of hydrogen-bond acceptors (Lipinski definition) is 6. The maximum atomic E-state index is 11.5. The molecule has 0 aliphatic carbocycles. The van der Waals surface area contributed by atoms with Gasteiger partial charge in [0.15, 0.2) is 10.0 Å². The molecule has 8 heteroatoms. The Morgan fingerprint density at radius 3 is 2.77 bits per heavy atom. The highest BCUT2D eigenvalue weighted by molar-refractivity contribution is 7.86. The Labute approximate surface area is 131 Å². The van der Waals surface area contributed by atoms with Crippen LogP contribution in [0.5, 0.6) is 11.5 Å². The Morgan fingerprint density at radius 2 is 2.05 bits per heavy atom. The highest BCUT2D eigenvalue weighted by Crippen LogP contribution is 2.30. The largest absolute Gasteiger partial charge is 0.477 e. The Hall–Kier alpha value is -2.32. The number of carbonyl (C=O) groups is 1. The molecule has 1 unspecified atom stereocenters. The number of ether oxygens (including phenoxy) is 1. The summed E-state index contributed by atoms with van der Waals surface area (Å²) in [4.78, 5) is 18.9. The summed E-state index contributed by atoms with van der Waals surface area (Å²) in [5.74, 6) is -0.180. The molecule has 3 rings (SSSR count). The molecular formula is C14H10N2O4S2. The minimum Gasteiger partial charge on any atom is -0.477 e. The smallest absolute Gasteiger partial charge is 0.354 e. The third-order valence-corrected chi connectivity index (χ3v) is 5.12. The van der Waals surface area contributed by atoms with Crippen molar-refractivity contribution < 1.29 is 18.8 Å². The first kappa shape index (κ1) is 14.6. The van der Waals surface area contributed by atoms with Crippen molar-refractivity contribution in [1.29, 1.82) is 0 Å². The molecule has 0 aliphatic rings. The second-order valence-electron chi connectivity index (χ2n) is 4.35. The zero-order chi connectivity index (χ0) is 15.7. The van der Waals surface area contributed by atoms with Crippen molar-refractivity contribution in [2.24, 2.45) is 0 Å². The van der Waals surface area contributed by atoms with Crippen LogP contribution in [0.4, 0.5) is 0 Å². The average molecular weight is 334 g/mol. The van der Waals surface area contributed by atoms with E-state index < -0.39 is 16.8 Å². The summed E-state index contributed by atoms with van der Waals surface area (Å²) >= 11 is 1.34. The summed E-state index contributed by atoms with van der Waals surface area (Å²) in [6.07, 6.45) is 2.96. The van der Waals surface area contributed by atoms with Gasteiger partial charge < -0.3 is 9.84 Å². The lowest BCUT2D eigenvalue weighted by Crippen LogP contribution is -1.99. The van der Waals surface area contributed by atoms with Crippen LogP contribution in [0, 0.1) is 0 Å². The van der Waals surface area contributed by atoms with Crippen LogP contribution in [-0.2, 0) is 10.8 Å². The molecule has 0 amide bonds. The van der Waals surface area contributed by atoms with Gasteiger partial charge in [0.25, 0.3) is 0 Å². The molecule has 22 heavy (non-hydrogen) atoms. The zero-order valence-electron chi connectivity index (χ0n) is 11.3. The van der Waals surface area contributed by atoms with E-state index >= 15 is 0 Å². The molecule has 1 atom stereocenters. The first-order chi connectivity index (χ1) is 10.5. The van der Waals surface area contributed by atoms with Crippen LogP contribution in [0.25, 0.3) is 10.2 Å². The number of aromatic nitrogens is 2. The quantitative estimate of drug-likeness (QED) is 0.789. The SMILES string of the molecule is CS(=O)c1nc2ccc(Oc3ccnc(C(=O)O)c3)cc2s1. The van der Waals surface area contributed by atoms with E-state index in [-0.39, 0.29) is 5.69 Å². The van der Waals surface area contributed by atoms with Gasteiger partial charge in [-0.25, -0.2) is 14.8 Å². The third kappa shape index (κ3) is 2.97. The van der Waals surface area contributed by atoms with E-state index in [1.165, 1.54) is 23.6 Å². The molecule has 0 bridgehead atoms. The highest BCUT2D eigenvalue weighted by Gasteiger charge is 2.10. The van der Waals surface area contributed by atoms with Gasteiger partial charge >= 0.3 is 5.97 Å². The molecule has 2 aromatic heterocycles. The molecule has 0 saturated carbocycles. The minimum atomic E-state index is -1.12. The molecular weight excluding hydrogens is 324 g/mol. The standard InChI is InChI=1S/C14H10N2O4S2/c1-22(19)14-16-10-3-2-8(7-12(10)21-14)20-9-4-5-15-11(6-9)13(17)18/h2-7H,1H3,(H,17,18). The van der Waals surface area contributed by atoms with Gasteiger partial charge in [0.05, 0.1) is 21.0 Å². The number of carboxylic acid groups (broad SMARTS) is 1. The van der Waals surface area contributed by atoms with E-state index in [1.54, 1.807) is 30.5 Å². The fourth-order valence-electron chi connectivity index (χ4n) is 1.80. The van der Waals surface area contributed by atoms with E-state index in [4.69, 9.17) is 9.84 Å². The number of pyridine rings is 1. The van der Waals surface area contributed by atoms with E-state index in [2.05, 4.69) is 9.97 Å². The molecule has 3 aromatic rings. The van der Waals surface area contributed by atoms with Gasteiger partial charge in [0, 0.05) is 24.6 Å². The third-order valence-electron chi connectivity index (χ3n) is 2.77. The number of aromatic carboxylic acids is 1. The van der Waals surface area contributed by atoms with Crippen LogP contribution < -0.4 is 4.74 Å². The maximum Gasteiger partial charge on any atom is 0.354 e. The molecule has 1 aromatic carbocycles. The normalized spacial score (nSPS) is 12.2. The van der Waals surface area contributed by atoms with Crippen molar-refractivity contribution in [3.8, 4) is 11.5 Å². The fourth-order valence-corrected chi connectivity index (χ4v) is 3.49. The average Bonchev–Trinajstić information content (AvgIpc) is 2.91. The summed E-state index contributed by atoms with van der Waals surface area (Å²) in [6, 6.07) is 8.22. The summed E-state index contributed by atoms with van der Waals surface area (Å²) in [5.41, 5.74) is 0.670. The lowest BCUT2D eigenvalue weighted by Gasteiger charge is -2.05. The van der Waals surface area contributed by atoms with Gasteiger partial charge in [-0.2, -0.15) is 0 Å². The number of fused-ring (bicyclic) bond motifs is 1. The van der Waals surface area contributed by atoms with Crippen molar-refractivity contribution in [3.63, 3.8) is 0 Å². The van der Waals surface area contributed by atoms with Crippen LogP contribution in [0.3, 0.4) is 0 Å². The summed E-state index contributed by atoms with van der Waals surface area (Å²) in [5, 5.41) is 8.92. The Kier molecular flexibility index (Phi) is 3.86. The van der Waals surface area contributed by atoms with Gasteiger partial charge in [-0.15, -0.1) is 11.3 Å². The predicted octanol–water partition coefficient (Wildman–Crippen LogP) is 2.92. The van der Waals surface area contributed by atoms with Crippen molar-refractivity contribution in [1.82, 2.24) is 9.97 Å². The Morgan fingerprint density at radius 1 is 1.27 bits per heavy atom. The fraction of sp³-hybridized carbons (Fsp3) is 0.0714. The van der Waals surface area contributed by atoms with Gasteiger partial charge in [-0.1, -0.05) is 0 Å². The molecule has 2 heterocycles. The first-order valence-corrected chi connectivity index (χ1v) is 8.51. The Balaban J connectivity index is 1.92. The van der Waals surface area contributed by atoms with Gasteiger partial charge in [-0.3, -0.25) is 4.21 Å². The molecule has 1 N–H and O–H groups in total. The predicted molar refractivity (Wildman–Crippen MR) is 83.2 cm³/mol. The summed E-state index contributed by atoms with van der Waals surface area (Å²) in [6.45, 7) is 0. The lowest BCUT2D eigenvalue weighted by molar-refractivity contribution is 0.0690. The van der Waals surface area contributed by atoms with Gasteiger partial charge in [0.1, 0.15) is 11.5 Å². The van der Waals surface area contributed by atoms with Crippen molar-refractivity contribution >= 4 is 38.3 Å². The van der Waals surface area contributed by atoms with Crippen LogP contribution in [0.1, 0.15) is 10.5 Å². The van der Waals surface area contributed by atoms with E-state index in [9.17, 15) is 9.00 Å². The second-order valence-corrected chi connectivity index (χ2v) is 6.93. The summed E-state index contributed by atoms with van der Waals surface area (Å²) in [7, 11) is -1.12. The zero-order valence-corrected chi connectivity index (χ0v) is 13.0. The number of benzene rings is 1. The maximum absolute atomic E-state index is 11.5. The van der Waals surface area contributed by atoms with Crippen LogP contribution in [0.2, 0.25) is 0 Å². The number of thiazole rings is 1. The number of nitrogens with zero attached hydrogens (tertiary/aromatic N) is 2. The monoisotopic (exact) mass is 334 g/mol.